The highest BCUT2D eigenvalue weighted by Crippen LogP contribution is 2.17. The molecule has 0 unspecified atom stereocenters. The lowest BCUT2D eigenvalue weighted by molar-refractivity contribution is 0.145. The van der Waals surface area contributed by atoms with Crippen LogP contribution in [-0.2, 0) is 11.2 Å². The summed E-state index contributed by atoms with van der Waals surface area (Å²) in [6.07, 6.45) is 0.161. The van der Waals surface area contributed by atoms with E-state index in [1.165, 1.54) is 0 Å². The molecule has 5 nitrogen and oxygen atoms in total. The van der Waals surface area contributed by atoms with Gasteiger partial charge in [-0.15, -0.1) is 0 Å². The molecule has 1 N–H and O–H groups in total. The molecule has 0 saturated heterocycles. The maximum Gasteiger partial charge on any atom is 0.407 e. The molecule has 5 heteroatoms. The van der Waals surface area contributed by atoms with Crippen molar-refractivity contribution in [1.29, 1.82) is 0 Å². The Kier molecular flexibility index (Phi) is 6.78. The van der Waals surface area contributed by atoms with Crippen molar-refractivity contribution in [3.05, 3.63) is 60.2 Å². The molecule has 1 amide bonds. The number of carbonyl (C=O) groups is 1. The molecule has 122 valence electrons. The number of hydrogen-bond donors (Lipinski definition) is 1. The van der Waals surface area contributed by atoms with Gasteiger partial charge in [-0.25, -0.2) is 4.79 Å². The van der Waals surface area contributed by atoms with E-state index in [-0.39, 0.29) is 0 Å². The van der Waals surface area contributed by atoms with Crippen molar-refractivity contribution >= 4 is 6.09 Å². The summed E-state index contributed by atoms with van der Waals surface area (Å²) in [5.74, 6) is 1.58. The van der Waals surface area contributed by atoms with E-state index in [1.807, 2.05) is 54.6 Å². The highest BCUT2D eigenvalue weighted by Gasteiger charge is 2.05. The first-order valence-electron chi connectivity index (χ1n) is 7.50. The fourth-order valence-electron chi connectivity index (χ4n) is 2.05. The van der Waals surface area contributed by atoms with E-state index in [4.69, 9.17) is 14.2 Å². The number of benzene rings is 2. The smallest absolute Gasteiger partial charge is 0.407 e. The number of para-hydroxylation sites is 2. The Morgan fingerprint density at radius 1 is 1.00 bits per heavy atom. The van der Waals surface area contributed by atoms with Crippen LogP contribution in [0.15, 0.2) is 54.6 Å². The topological polar surface area (TPSA) is 56.8 Å². The number of carbonyl (C=O) groups excluding carboxylic acids is 1. The SMILES string of the molecule is COc1ccccc1CCOC(=O)NCCOc1ccccc1. The molecule has 0 fully saturated rings. The Morgan fingerprint density at radius 2 is 1.74 bits per heavy atom. The van der Waals surface area contributed by atoms with E-state index in [0.717, 1.165) is 17.1 Å². The van der Waals surface area contributed by atoms with Crippen molar-refractivity contribution in [2.24, 2.45) is 0 Å². The average Bonchev–Trinajstić information content (AvgIpc) is 2.60. The van der Waals surface area contributed by atoms with Crippen molar-refractivity contribution < 1.29 is 19.0 Å². The molecule has 2 rings (SSSR count). The van der Waals surface area contributed by atoms with Crippen LogP contribution in [0.1, 0.15) is 5.56 Å². The minimum absolute atomic E-state index is 0.297. The molecule has 0 aliphatic rings. The van der Waals surface area contributed by atoms with Gasteiger partial charge in [0.2, 0.25) is 0 Å². The van der Waals surface area contributed by atoms with Crippen LogP contribution in [0, 0.1) is 0 Å². The predicted octanol–water partition coefficient (Wildman–Crippen LogP) is 3.04. The first kappa shape index (κ1) is 16.7. The van der Waals surface area contributed by atoms with Gasteiger partial charge in [0.1, 0.15) is 18.1 Å². The molecule has 0 saturated carbocycles. The predicted molar refractivity (Wildman–Crippen MR) is 88.0 cm³/mol. The maximum atomic E-state index is 11.6. The minimum atomic E-state index is -0.448. The second-order valence-corrected chi connectivity index (χ2v) is 4.79. The number of rotatable bonds is 8. The summed E-state index contributed by atoms with van der Waals surface area (Å²) >= 11 is 0. The van der Waals surface area contributed by atoms with Crippen LogP contribution in [-0.4, -0.2) is 33.0 Å². The Hall–Kier alpha value is -2.69. The molecule has 2 aromatic rings. The zero-order valence-corrected chi connectivity index (χ0v) is 13.2. The number of methoxy groups -OCH3 is 1. The molecule has 0 radical (unpaired) electrons. The van der Waals surface area contributed by atoms with Crippen molar-refractivity contribution in [2.45, 2.75) is 6.42 Å². The van der Waals surface area contributed by atoms with Crippen molar-refractivity contribution in [3.8, 4) is 11.5 Å². The third kappa shape index (κ3) is 5.90. The monoisotopic (exact) mass is 315 g/mol. The van der Waals surface area contributed by atoms with Crippen LogP contribution in [0.2, 0.25) is 0 Å². The Balaban J connectivity index is 1.60. The summed E-state index contributed by atoms with van der Waals surface area (Å²) in [4.78, 5) is 11.6. The van der Waals surface area contributed by atoms with Gasteiger partial charge in [-0.2, -0.15) is 0 Å². The van der Waals surface area contributed by atoms with E-state index in [9.17, 15) is 4.79 Å². The second kappa shape index (κ2) is 9.35. The number of hydrogen-bond acceptors (Lipinski definition) is 4. The van der Waals surface area contributed by atoms with Gasteiger partial charge in [-0.05, 0) is 23.8 Å². The minimum Gasteiger partial charge on any atom is -0.496 e. The van der Waals surface area contributed by atoms with Crippen LogP contribution in [0.25, 0.3) is 0 Å². The molecule has 0 atom stereocenters. The third-order valence-corrected chi connectivity index (χ3v) is 3.18. The van der Waals surface area contributed by atoms with Gasteiger partial charge in [0.05, 0.1) is 20.3 Å². The van der Waals surface area contributed by atoms with Crippen molar-refractivity contribution in [2.75, 3.05) is 26.9 Å². The van der Waals surface area contributed by atoms with Gasteiger partial charge in [-0.3, -0.25) is 0 Å². The number of ether oxygens (including phenoxy) is 3. The van der Waals surface area contributed by atoms with Crippen LogP contribution in [0.5, 0.6) is 11.5 Å². The van der Waals surface area contributed by atoms with Crippen LogP contribution >= 0.6 is 0 Å². The molecular weight excluding hydrogens is 294 g/mol. The molecule has 0 spiro atoms. The first-order chi connectivity index (χ1) is 11.3. The third-order valence-electron chi connectivity index (χ3n) is 3.18. The molecule has 2 aromatic carbocycles. The summed E-state index contributed by atoms with van der Waals surface area (Å²) in [6.45, 7) is 1.08. The standard InChI is InChI=1S/C18H21NO4/c1-21-17-10-6-5-7-15(17)11-13-23-18(20)19-12-14-22-16-8-3-2-4-9-16/h2-10H,11-14H2,1H3,(H,19,20). The van der Waals surface area contributed by atoms with E-state index >= 15 is 0 Å². The largest absolute Gasteiger partial charge is 0.496 e. The fourth-order valence-corrected chi connectivity index (χ4v) is 2.05. The lowest BCUT2D eigenvalue weighted by atomic mass is 10.1. The Morgan fingerprint density at radius 3 is 2.52 bits per heavy atom. The van der Waals surface area contributed by atoms with Gasteiger partial charge >= 0.3 is 6.09 Å². The number of alkyl carbamates (subject to hydrolysis) is 1. The van der Waals surface area contributed by atoms with Crippen LogP contribution in [0.4, 0.5) is 4.79 Å². The quantitative estimate of drug-likeness (QED) is 0.761. The lowest BCUT2D eigenvalue weighted by Gasteiger charge is -2.10. The first-order valence-corrected chi connectivity index (χ1v) is 7.50. The normalized spacial score (nSPS) is 9.96. The van der Waals surface area contributed by atoms with Crippen molar-refractivity contribution in [1.82, 2.24) is 5.32 Å². The van der Waals surface area contributed by atoms with Gasteiger partial charge < -0.3 is 19.5 Å². The molecule has 0 bridgehead atoms. The summed E-state index contributed by atoms with van der Waals surface area (Å²) in [5.41, 5.74) is 1.01. The summed E-state index contributed by atoms with van der Waals surface area (Å²) in [5, 5.41) is 2.65. The van der Waals surface area contributed by atoms with Crippen LogP contribution in [0.3, 0.4) is 0 Å². The maximum absolute atomic E-state index is 11.6. The van der Waals surface area contributed by atoms with Gasteiger partial charge in [-0.1, -0.05) is 36.4 Å². The van der Waals surface area contributed by atoms with E-state index in [1.54, 1.807) is 7.11 Å². The van der Waals surface area contributed by atoms with E-state index < -0.39 is 6.09 Å². The summed E-state index contributed by atoms with van der Waals surface area (Å²) in [7, 11) is 1.62. The van der Waals surface area contributed by atoms with Gasteiger partial charge in [0, 0.05) is 6.42 Å². The molecule has 0 aliphatic carbocycles. The van der Waals surface area contributed by atoms with E-state index in [2.05, 4.69) is 5.32 Å². The highest BCUT2D eigenvalue weighted by molar-refractivity contribution is 5.67. The van der Waals surface area contributed by atoms with Crippen molar-refractivity contribution in [3.63, 3.8) is 0 Å². The Bertz CT molecular complexity index is 601. The summed E-state index contributed by atoms with van der Waals surface area (Å²) in [6, 6.07) is 17.1. The lowest BCUT2D eigenvalue weighted by Crippen LogP contribution is -2.29. The molecule has 0 heterocycles. The number of amides is 1. The second-order valence-electron chi connectivity index (χ2n) is 4.79. The molecule has 0 aliphatic heterocycles. The fraction of sp³-hybridized carbons (Fsp3) is 0.278. The van der Waals surface area contributed by atoms with Gasteiger partial charge in [0.15, 0.2) is 0 Å². The van der Waals surface area contributed by atoms with E-state index in [0.29, 0.717) is 26.2 Å². The molecule has 0 aromatic heterocycles. The Labute approximate surface area is 136 Å². The average molecular weight is 315 g/mol. The zero-order valence-electron chi connectivity index (χ0n) is 13.2. The summed E-state index contributed by atoms with van der Waals surface area (Å²) < 4.78 is 15.9. The zero-order chi connectivity index (χ0) is 16.3. The molecule has 23 heavy (non-hydrogen) atoms. The van der Waals surface area contributed by atoms with Gasteiger partial charge in [0.25, 0.3) is 0 Å². The number of nitrogens with one attached hydrogen (secondary N) is 1. The van der Waals surface area contributed by atoms with Crippen LogP contribution < -0.4 is 14.8 Å². The molecular formula is C18H21NO4. The highest BCUT2D eigenvalue weighted by atomic mass is 16.5.